The van der Waals surface area contributed by atoms with E-state index in [1.165, 1.54) is 23.9 Å². The second-order valence-electron chi connectivity index (χ2n) is 4.15. The molecule has 1 aliphatic heterocycles. The van der Waals surface area contributed by atoms with E-state index in [1.54, 1.807) is 0 Å². The van der Waals surface area contributed by atoms with Crippen LogP contribution in [-0.2, 0) is 0 Å². The normalized spacial score (nSPS) is 18.4. The number of aromatic nitrogens is 2. The Morgan fingerprint density at radius 2 is 2.13 bits per heavy atom. The topological polar surface area (TPSA) is 29.3 Å². The Hall–Kier alpha value is -1.35. The zero-order valence-corrected chi connectivity index (χ0v) is 8.69. The van der Waals surface area contributed by atoms with Gasteiger partial charge < -0.3 is 5.32 Å². The van der Waals surface area contributed by atoms with E-state index >= 15 is 0 Å². The van der Waals surface area contributed by atoms with Crippen LogP contribution in [0.5, 0.6) is 0 Å². The quantitative estimate of drug-likeness (QED) is 0.762. The molecule has 1 aliphatic rings. The molecule has 1 N–H and O–H groups in total. The first-order chi connectivity index (χ1) is 7.45. The summed E-state index contributed by atoms with van der Waals surface area (Å²) in [6.07, 6.45) is 6.51. The molecule has 2 aromatic rings. The minimum absolute atomic E-state index is 0.686. The van der Waals surface area contributed by atoms with E-state index in [2.05, 4.69) is 22.5 Å². The number of nitrogens with zero attached hydrogens (tertiary/aromatic N) is 2. The fourth-order valence-electron chi connectivity index (χ4n) is 2.40. The van der Waals surface area contributed by atoms with Crippen LogP contribution >= 0.6 is 0 Å². The van der Waals surface area contributed by atoms with Crippen LogP contribution in [0.2, 0.25) is 0 Å². The van der Waals surface area contributed by atoms with Crippen molar-refractivity contribution in [3.63, 3.8) is 0 Å². The third-order valence-corrected chi connectivity index (χ3v) is 3.24. The Morgan fingerprint density at radius 1 is 1.27 bits per heavy atom. The SMILES string of the molecule is c1ccn2ncc(C3CCNCC3)c2c1. The Morgan fingerprint density at radius 3 is 3.00 bits per heavy atom. The maximum absolute atomic E-state index is 4.39. The van der Waals surface area contributed by atoms with E-state index in [0.29, 0.717) is 5.92 Å². The monoisotopic (exact) mass is 201 g/mol. The largest absolute Gasteiger partial charge is 0.317 e. The molecule has 3 rings (SSSR count). The molecule has 2 aromatic heterocycles. The van der Waals surface area contributed by atoms with Crippen LogP contribution < -0.4 is 5.32 Å². The van der Waals surface area contributed by atoms with Crippen LogP contribution in [-0.4, -0.2) is 22.7 Å². The maximum Gasteiger partial charge on any atom is 0.0696 e. The minimum atomic E-state index is 0.686. The summed E-state index contributed by atoms with van der Waals surface area (Å²) in [5.41, 5.74) is 2.68. The molecule has 1 saturated heterocycles. The van der Waals surface area contributed by atoms with Gasteiger partial charge in [-0.05, 0) is 44.0 Å². The van der Waals surface area contributed by atoms with Gasteiger partial charge in [-0.15, -0.1) is 0 Å². The van der Waals surface area contributed by atoms with E-state index in [4.69, 9.17) is 0 Å². The summed E-state index contributed by atoms with van der Waals surface area (Å²) in [5.74, 6) is 0.686. The fraction of sp³-hybridized carbons (Fsp3) is 0.417. The van der Waals surface area contributed by atoms with E-state index in [1.807, 2.05) is 23.0 Å². The molecule has 0 bridgehead atoms. The van der Waals surface area contributed by atoms with Gasteiger partial charge in [-0.2, -0.15) is 5.10 Å². The number of nitrogens with one attached hydrogen (secondary N) is 1. The molecule has 1 fully saturated rings. The number of fused-ring (bicyclic) bond motifs is 1. The molecule has 3 heterocycles. The third kappa shape index (κ3) is 1.53. The third-order valence-electron chi connectivity index (χ3n) is 3.24. The van der Waals surface area contributed by atoms with Gasteiger partial charge in [0.15, 0.2) is 0 Å². The maximum atomic E-state index is 4.39. The minimum Gasteiger partial charge on any atom is -0.317 e. The van der Waals surface area contributed by atoms with E-state index < -0.39 is 0 Å². The molecule has 0 aliphatic carbocycles. The average Bonchev–Trinajstić information content (AvgIpc) is 2.74. The Kier molecular flexibility index (Phi) is 2.18. The van der Waals surface area contributed by atoms with Gasteiger partial charge in [-0.3, -0.25) is 0 Å². The molecule has 0 saturated carbocycles. The highest BCUT2D eigenvalue weighted by Gasteiger charge is 2.18. The lowest BCUT2D eigenvalue weighted by Gasteiger charge is -2.21. The summed E-state index contributed by atoms with van der Waals surface area (Å²) in [6, 6.07) is 6.26. The van der Waals surface area contributed by atoms with Crippen molar-refractivity contribution in [2.45, 2.75) is 18.8 Å². The molecule has 3 heteroatoms. The zero-order chi connectivity index (χ0) is 10.1. The van der Waals surface area contributed by atoms with Gasteiger partial charge in [0.1, 0.15) is 0 Å². The second-order valence-corrected chi connectivity index (χ2v) is 4.15. The van der Waals surface area contributed by atoms with Crippen LogP contribution in [0.4, 0.5) is 0 Å². The standard InChI is InChI=1S/C12H15N3/c1-2-8-15-12(3-1)11(9-14-15)10-4-6-13-7-5-10/h1-3,8-10,13H,4-7H2. The summed E-state index contributed by atoms with van der Waals surface area (Å²) in [6.45, 7) is 2.27. The molecular weight excluding hydrogens is 186 g/mol. The molecule has 0 atom stereocenters. The Balaban J connectivity index is 2.02. The fourth-order valence-corrected chi connectivity index (χ4v) is 2.40. The molecule has 0 aromatic carbocycles. The predicted molar refractivity (Wildman–Crippen MR) is 60.0 cm³/mol. The van der Waals surface area contributed by atoms with Crippen molar-refractivity contribution in [2.75, 3.05) is 13.1 Å². The van der Waals surface area contributed by atoms with Crippen molar-refractivity contribution in [2.24, 2.45) is 0 Å². The van der Waals surface area contributed by atoms with Crippen molar-refractivity contribution >= 4 is 5.52 Å². The predicted octanol–water partition coefficient (Wildman–Crippen LogP) is 1.80. The van der Waals surface area contributed by atoms with Gasteiger partial charge in [0.05, 0.1) is 11.7 Å². The highest BCUT2D eigenvalue weighted by molar-refractivity contribution is 5.55. The van der Waals surface area contributed by atoms with Gasteiger partial charge in [0.2, 0.25) is 0 Å². The molecular formula is C12H15N3. The first-order valence-corrected chi connectivity index (χ1v) is 5.58. The van der Waals surface area contributed by atoms with E-state index in [-0.39, 0.29) is 0 Å². The smallest absolute Gasteiger partial charge is 0.0696 e. The number of hydrogen-bond donors (Lipinski definition) is 1. The number of rotatable bonds is 1. The average molecular weight is 201 g/mol. The summed E-state index contributed by atoms with van der Waals surface area (Å²) >= 11 is 0. The van der Waals surface area contributed by atoms with Gasteiger partial charge >= 0.3 is 0 Å². The summed E-state index contributed by atoms with van der Waals surface area (Å²) in [4.78, 5) is 0. The first kappa shape index (κ1) is 8.92. The summed E-state index contributed by atoms with van der Waals surface area (Å²) in [7, 11) is 0. The molecule has 0 spiro atoms. The van der Waals surface area contributed by atoms with Gasteiger partial charge in [0.25, 0.3) is 0 Å². The lowest BCUT2D eigenvalue weighted by molar-refractivity contribution is 0.462. The zero-order valence-electron chi connectivity index (χ0n) is 8.69. The number of hydrogen-bond acceptors (Lipinski definition) is 2. The van der Waals surface area contributed by atoms with Crippen LogP contribution in [0.3, 0.4) is 0 Å². The van der Waals surface area contributed by atoms with Crippen LogP contribution in [0.25, 0.3) is 5.52 Å². The van der Waals surface area contributed by atoms with Crippen molar-refractivity contribution in [3.8, 4) is 0 Å². The van der Waals surface area contributed by atoms with E-state index in [9.17, 15) is 0 Å². The van der Waals surface area contributed by atoms with Crippen LogP contribution in [0.15, 0.2) is 30.6 Å². The number of pyridine rings is 1. The first-order valence-electron chi connectivity index (χ1n) is 5.58. The molecule has 0 radical (unpaired) electrons. The van der Waals surface area contributed by atoms with Crippen molar-refractivity contribution in [3.05, 3.63) is 36.2 Å². The van der Waals surface area contributed by atoms with Crippen LogP contribution in [0, 0.1) is 0 Å². The molecule has 78 valence electrons. The van der Waals surface area contributed by atoms with Crippen molar-refractivity contribution in [1.29, 1.82) is 0 Å². The molecule has 0 amide bonds. The second kappa shape index (κ2) is 3.66. The van der Waals surface area contributed by atoms with Gasteiger partial charge in [0, 0.05) is 11.8 Å². The summed E-state index contributed by atoms with van der Waals surface area (Å²) < 4.78 is 1.97. The highest BCUT2D eigenvalue weighted by Crippen LogP contribution is 2.28. The highest BCUT2D eigenvalue weighted by atomic mass is 15.2. The van der Waals surface area contributed by atoms with Crippen molar-refractivity contribution in [1.82, 2.24) is 14.9 Å². The summed E-state index contributed by atoms with van der Waals surface area (Å²) in [5, 5.41) is 7.79. The Bertz CT molecular complexity index is 455. The lowest BCUT2D eigenvalue weighted by atomic mass is 9.91. The van der Waals surface area contributed by atoms with E-state index in [0.717, 1.165) is 13.1 Å². The lowest BCUT2D eigenvalue weighted by Crippen LogP contribution is -2.26. The molecule has 0 unspecified atom stereocenters. The van der Waals surface area contributed by atoms with Crippen molar-refractivity contribution < 1.29 is 0 Å². The van der Waals surface area contributed by atoms with Gasteiger partial charge in [-0.1, -0.05) is 6.07 Å². The number of piperidine rings is 1. The van der Waals surface area contributed by atoms with Gasteiger partial charge in [-0.25, -0.2) is 4.52 Å². The Labute approximate surface area is 89.1 Å². The van der Waals surface area contributed by atoms with Crippen LogP contribution in [0.1, 0.15) is 24.3 Å². The molecule has 3 nitrogen and oxygen atoms in total. The molecule has 15 heavy (non-hydrogen) atoms.